The minimum absolute atomic E-state index is 0.129. The highest BCUT2D eigenvalue weighted by Gasteiger charge is 2.26. The summed E-state index contributed by atoms with van der Waals surface area (Å²) in [6, 6.07) is 8.80. The number of aryl methyl sites for hydroxylation is 1. The van der Waals surface area contributed by atoms with Gasteiger partial charge in [-0.05, 0) is 71.3 Å². The van der Waals surface area contributed by atoms with Crippen LogP contribution in [-0.4, -0.2) is 53.6 Å². The zero-order chi connectivity index (χ0) is 21.7. The van der Waals surface area contributed by atoms with Gasteiger partial charge in [0.25, 0.3) is 0 Å². The number of piperidine rings is 2. The Kier molecular flexibility index (Phi) is 7.22. The lowest BCUT2D eigenvalue weighted by atomic mass is 9.90. The van der Waals surface area contributed by atoms with Crippen LogP contribution in [0.2, 0.25) is 0 Å². The molecule has 0 radical (unpaired) electrons. The van der Waals surface area contributed by atoms with Crippen molar-refractivity contribution < 1.29 is 14.3 Å². The lowest BCUT2D eigenvalue weighted by molar-refractivity contribution is -0.127. The van der Waals surface area contributed by atoms with Crippen molar-refractivity contribution in [2.45, 2.75) is 65.4 Å². The average Bonchev–Trinajstić information content (AvgIpc) is 2.69. The number of benzene rings is 1. The highest BCUT2D eigenvalue weighted by atomic mass is 16.6. The van der Waals surface area contributed by atoms with Gasteiger partial charge in [-0.15, -0.1) is 0 Å². The first-order chi connectivity index (χ1) is 14.2. The van der Waals surface area contributed by atoms with E-state index in [0.29, 0.717) is 19.0 Å². The second-order valence-electron chi connectivity index (χ2n) is 9.73. The highest BCUT2D eigenvalue weighted by molar-refractivity contribution is 5.88. The van der Waals surface area contributed by atoms with Gasteiger partial charge in [-0.25, -0.2) is 4.79 Å². The molecule has 0 atom stereocenters. The van der Waals surface area contributed by atoms with Gasteiger partial charge in [0.15, 0.2) is 0 Å². The van der Waals surface area contributed by atoms with Gasteiger partial charge in [-0.3, -0.25) is 4.79 Å². The molecule has 0 unspecified atom stereocenters. The first-order valence-electron chi connectivity index (χ1n) is 11.2. The molecule has 0 aromatic heterocycles. The Morgan fingerprint density at radius 3 is 2.17 bits per heavy atom. The first kappa shape index (κ1) is 22.4. The molecule has 5 heteroatoms. The quantitative estimate of drug-likeness (QED) is 0.674. The summed E-state index contributed by atoms with van der Waals surface area (Å²) in [6.45, 7) is 10.7. The van der Waals surface area contributed by atoms with Gasteiger partial charge in [-0.2, -0.15) is 0 Å². The second kappa shape index (κ2) is 9.67. The molecular formula is C25H36N2O3. The molecular weight excluding hydrogens is 376 g/mol. The van der Waals surface area contributed by atoms with E-state index in [9.17, 15) is 9.59 Å². The normalized spacial score (nSPS) is 18.3. The number of likely N-dealkylation sites (tertiary alicyclic amines) is 2. The van der Waals surface area contributed by atoms with E-state index in [-0.39, 0.29) is 12.0 Å². The zero-order valence-electron chi connectivity index (χ0n) is 18.9. The van der Waals surface area contributed by atoms with Crippen molar-refractivity contribution in [1.82, 2.24) is 9.80 Å². The molecule has 1 aromatic carbocycles. The van der Waals surface area contributed by atoms with Gasteiger partial charge in [-0.1, -0.05) is 35.4 Å². The summed E-state index contributed by atoms with van der Waals surface area (Å²) in [4.78, 5) is 28.6. The fraction of sp³-hybridized carbons (Fsp3) is 0.600. The van der Waals surface area contributed by atoms with Crippen molar-refractivity contribution >= 4 is 12.0 Å². The SMILES string of the molecule is Cc1ccc(CC2CCN(C(=O)C=C3CCN(C(=O)OC(C)(C)C)CC3)CC2)cc1. The van der Waals surface area contributed by atoms with E-state index in [0.717, 1.165) is 50.8 Å². The third kappa shape index (κ3) is 6.61. The van der Waals surface area contributed by atoms with E-state index in [2.05, 4.69) is 31.2 Å². The molecule has 1 aromatic rings. The van der Waals surface area contributed by atoms with Gasteiger partial charge >= 0.3 is 6.09 Å². The predicted octanol–water partition coefficient (Wildman–Crippen LogP) is 4.73. The second-order valence-corrected chi connectivity index (χ2v) is 9.73. The van der Waals surface area contributed by atoms with E-state index in [1.54, 1.807) is 4.90 Å². The number of rotatable bonds is 3. The number of ether oxygens (including phenoxy) is 1. The molecule has 30 heavy (non-hydrogen) atoms. The van der Waals surface area contributed by atoms with Crippen LogP contribution in [0, 0.1) is 12.8 Å². The van der Waals surface area contributed by atoms with Crippen molar-refractivity contribution in [1.29, 1.82) is 0 Å². The van der Waals surface area contributed by atoms with Crippen molar-refractivity contribution in [3.8, 4) is 0 Å². The van der Waals surface area contributed by atoms with E-state index >= 15 is 0 Å². The maximum absolute atomic E-state index is 12.7. The van der Waals surface area contributed by atoms with Gasteiger partial charge in [0.2, 0.25) is 5.91 Å². The summed E-state index contributed by atoms with van der Waals surface area (Å²) >= 11 is 0. The minimum atomic E-state index is -0.477. The van der Waals surface area contributed by atoms with Crippen molar-refractivity contribution in [3.63, 3.8) is 0 Å². The van der Waals surface area contributed by atoms with Crippen LogP contribution in [0.25, 0.3) is 0 Å². The molecule has 3 rings (SSSR count). The first-order valence-corrected chi connectivity index (χ1v) is 11.2. The zero-order valence-corrected chi connectivity index (χ0v) is 18.9. The van der Waals surface area contributed by atoms with Crippen LogP contribution in [0.4, 0.5) is 4.79 Å². The van der Waals surface area contributed by atoms with Crippen LogP contribution in [0.5, 0.6) is 0 Å². The molecule has 5 nitrogen and oxygen atoms in total. The van der Waals surface area contributed by atoms with Crippen LogP contribution in [0.1, 0.15) is 57.6 Å². The Morgan fingerprint density at radius 1 is 1.00 bits per heavy atom. The number of carbonyl (C=O) groups is 2. The fourth-order valence-corrected chi connectivity index (χ4v) is 4.13. The number of hydrogen-bond acceptors (Lipinski definition) is 3. The Balaban J connectivity index is 1.43. The monoisotopic (exact) mass is 412 g/mol. The van der Waals surface area contributed by atoms with Crippen molar-refractivity contribution in [2.24, 2.45) is 5.92 Å². The van der Waals surface area contributed by atoms with Crippen molar-refractivity contribution in [3.05, 3.63) is 47.0 Å². The number of hydrogen-bond donors (Lipinski definition) is 0. The Bertz CT molecular complexity index is 759. The van der Waals surface area contributed by atoms with Gasteiger partial charge < -0.3 is 14.5 Å². The molecule has 0 aliphatic carbocycles. The Labute approximate surface area is 181 Å². The van der Waals surface area contributed by atoms with Gasteiger partial charge in [0, 0.05) is 32.3 Å². The topological polar surface area (TPSA) is 49.9 Å². The fourth-order valence-electron chi connectivity index (χ4n) is 4.13. The smallest absolute Gasteiger partial charge is 0.410 e. The molecule has 164 valence electrons. The molecule has 2 fully saturated rings. The maximum atomic E-state index is 12.7. The molecule has 0 saturated carbocycles. The summed E-state index contributed by atoms with van der Waals surface area (Å²) in [7, 11) is 0. The summed E-state index contributed by atoms with van der Waals surface area (Å²) in [5.41, 5.74) is 3.35. The molecule has 2 aliphatic rings. The summed E-state index contributed by atoms with van der Waals surface area (Å²) in [5, 5.41) is 0. The van der Waals surface area contributed by atoms with Crippen LogP contribution in [0.15, 0.2) is 35.9 Å². The Morgan fingerprint density at radius 2 is 1.60 bits per heavy atom. The van der Waals surface area contributed by atoms with E-state index in [4.69, 9.17) is 4.74 Å². The average molecular weight is 413 g/mol. The lowest BCUT2D eigenvalue weighted by Gasteiger charge is -2.33. The van der Waals surface area contributed by atoms with E-state index < -0.39 is 5.60 Å². The van der Waals surface area contributed by atoms with Gasteiger partial charge in [0.05, 0.1) is 0 Å². The number of nitrogens with zero attached hydrogens (tertiary/aromatic N) is 2. The third-order valence-electron chi connectivity index (χ3n) is 5.96. The third-order valence-corrected chi connectivity index (χ3v) is 5.96. The highest BCUT2D eigenvalue weighted by Crippen LogP contribution is 2.24. The van der Waals surface area contributed by atoms with Crippen LogP contribution in [-0.2, 0) is 16.0 Å². The van der Waals surface area contributed by atoms with Crippen molar-refractivity contribution in [2.75, 3.05) is 26.2 Å². The van der Waals surface area contributed by atoms with E-state index in [1.165, 1.54) is 11.1 Å². The standard InChI is InChI=1S/C25H36N2O3/c1-19-5-7-20(8-6-19)17-21-9-13-26(14-10-21)23(28)18-22-11-15-27(16-12-22)24(29)30-25(2,3)4/h5-8,18,21H,9-17H2,1-4H3. The molecule has 2 aliphatic heterocycles. The molecule has 2 saturated heterocycles. The number of amides is 2. The van der Waals surface area contributed by atoms with Crippen LogP contribution in [0.3, 0.4) is 0 Å². The summed E-state index contributed by atoms with van der Waals surface area (Å²) in [6.07, 6.45) is 6.27. The predicted molar refractivity (Wildman–Crippen MR) is 119 cm³/mol. The minimum Gasteiger partial charge on any atom is -0.444 e. The molecule has 2 amide bonds. The lowest BCUT2D eigenvalue weighted by Crippen LogP contribution is -2.41. The molecule has 0 spiro atoms. The largest absolute Gasteiger partial charge is 0.444 e. The van der Waals surface area contributed by atoms with Gasteiger partial charge in [0.1, 0.15) is 5.60 Å². The van der Waals surface area contributed by atoms with Crippen LogP contribution >= 0.6 is 0 Å². The number of carbonyl (C=O) groups excluding carboxylic acids is 2. The Hall–Kier alpha value is -2.30. The molecule has 0 bridgehead atoms. The summed E-state index contributed by atoms with van der Waals surface area (Å²) in [5.74, 6) is 0.783. The molecule has 0 N–H and O–H groups in total. The van der Waals surface area contributed by atoms with Crippen LogP contribution < -0.4 is 0 Å². The van der Waals surface area contributed by atoms with E-state index in [1.807, 2.05) is 31.7 Å². The molecule has 2 heterocycles. The maximum Gasteiger partial charge on any atom is 0.410 e. The summed E-state index contributed by atoms with van der Waals surface area (Å²) < 4.78 is 5.44.